The molecule has 3 atom stereocenters. The average molecular weight is 378 g/mol. The van der Waals surface area contributed by atoms with Gasteiger partial charge in [-0.1, -0.05) is 30.3 Å². The quantitative estimate of drug-likeness (QED) is 0.849. The van der Waals surface area contributed by atoms with Crippen molar-refractivity contribution in [2.75, 3.05) is 26.8 Å². The molecule has 0 saturated carbocycles. The molecule has 0 aromatic heterocycles. The molecule has 1 saturated heterocycles. The molecule has 1 aromatic carbocycles. The first kappa shape index (κ1) is 21.2. The number of methoxy groups -OCH3 is 1. The molecule has 1 heterocycles. The van der Waals surface area contributed by atoms with Gasteiger partial charge in [0.15, 0.2) is 0 Å². The van der Waals surface area contributed by atoms with Crippen LogP contribution < -0.4 is 0 Å². The summed E-state index contributed by atoms with van der Waals surface area (Å²) < 4.78 is 10.8. The minimum atomic E-state index is -1.04. The monoisotopic (exact) mass is 378 g/mol. The number of carbonyl (C=O) groups excluding carboxylic acids is 1. The lowest BCUT2D eigenvalue weighted by Crippen LogP contribution is -2.63. The summed E-state index contributed by atoms with van der Waals surface area (Å²) in [5.41, 5.74) is 0.376. The summed E-state index contributed by atoms with van der Waals surface area (Å²) in [6.07, 6.45) is -0.593. The fourth-order valence-electron chi connectivity index (χ4n) is 3.44. The van der Waals surface area contributed by atoms with Crippen LogP contribution in [0.1, 0.15) is 39.3 Å². The van der Waals surface area contributed by atoms with E-state index in [0.717, 1.165) is 5.56 Å². The molecule has 1 aliphatic heterocycles. The zero-order chi connectivity index (χ0) is 20.2. The summed E-state index contributed by atoms with van der Waals surface area (Å²) in [5.74, 6) is -1.04. The fourth-order valence-corrected chi connectivity index (χ4v) is 3.44. The van der Waals surface area contributed by atoms with Gasteiger partial charge in [0.05, 0.1) is 12.6 Å². The second-order valence-corrected chi connectivity index (χ2v) is 7.93. The topological polar surface area (TPSA) is 79.3 Å². The molecule has 150 valence electrons. The van der Waals surface area contributed by atoms with Crippen LogP contribution in [0.25, 0.3) is 0 Å². The number of carbonyl (C=O) groups is 2. The van der Waals surface area contributed by atoms with E-state index in [4.69, 9.17) is 9.47 Å². The van der Waals surface area contributed by atoms with Crippen molar-refractivity contribution < 1.29 is 24.2 Å². The maximum Gasteiger partial charge on any atom is 0.411 e. The first-order chi connectivity index (χ1) is 12.6. The van der Waals surface area contributed by atoms with Crippen LogP contribution in [0.4, 0.5) is 4.79 Å². The van der Waals surface area contributed by atoms with Gasteiger partial charge < -0.3 is 14.6 Å². The van der Waals surface area contributed by atoms with Crippen molar-refractivity contribution in [3.63, 3.8) is 0 Å². The van der Waals surface area contributed by atoms with E-state index in [1.165, 1.54) is 4.90 Å². The highest BCUT2D eigenvalue weighted by Crippen LogP contribution is 2.28. The highest BCUT2D eigenvalue weighted by Gasteiger charge is 2.43. The largest absolute Gasteiger partial charge is 0.480 e. The number of carboxylic acids is 1. The Morgan fingerprint density at radius 3 is 2.37 bits per heavy atom. The van der Waals surface area contributed by atoms with Crippen LogP contribution in [0.5, 0.6) is 0 Å². The van der Waals surface area contributed by atoms with Crippen molar-refractivity contribution in [2.45, 2.75) is 51.4 Å². The van der Waals surface area contributed by atoms with Gasteiger partial charge in [0, 0.05) is 26.2 Å². The molecule has 1 aromatic rings. The van der Waals surface area contributed by atoms with Gasteiger partial charge in [0.25, 0.3) is 0 Å². The summed E-state index contributed by atoms with van der Waals surface area (Å²) in [6, 6.07) is 8.48. The van der Waals surface area contributed by atoms with E-state index in [-0.39, 0.29) is 18.6 Å². The lowest BCUT2D eigenvalue weighted by molar-refractivity contribution is -0.148. The number of piperazine rings is 1. The predicted octanol–water partition coefficient (Wildman–Crippen LogP) is 2.77. The average Bonchev–Trinajstić information content (AvgIpc) is 2.58. The third-order valence-electron chi connectivity index (χ3n) is 4.56. The van der Waals surface area contributed by atoms with Crippen molar-refractivity contribution >= 4 is 12.1 Å². The first-order valence-corrected chi connectivity index (χ1v) is 9.16. The molecule has 7 nitrogen and oxygen atoms in total. The van der Waals surface area contributed by atoms with E-state index in [2.05, 4.69) is 4.90 Å². The second kappa shape index (κ2) is 8.71. The van der Waals surface area contributed by atoms with Crippen LogP contribution in [-0.4, -0.2) is 71.5 Å². The zero-order valence-electron chi connectivity index (χ0n) is 16.7. The first-order valence-electron chi connectivity index (χ1n) is 9.16. The maximum absolute atomic E-state index is 12.6. The predicted molar refractivity (Wildman–Crippen MR) is 102 cm³/mol. The molecule has 1 fully saturated rings. The number of hydrogen-bond acceptors (Lipinski definition) is 5. The van der Waals surface area contributed by atoms with Gasteiger partial charge in [-0.05, 0) is 33.3 Å². The third kappa shape index (κ3) is 5.43. The molecule has 7 heteroatoms. The number of nitrogens with zero attached hydrogens (tertiary/aromatic N) is 2. The van der Waals surface area contributed by atoms with Gasteiger partial charge in [-0.25, -0.2) is 9.59 Å². The van der Waals surface area contributed by atoms with Gasteiger partial charge in [-0.2, -0.15) is 0 Å². The Morgan fingerprint density at radius 1 is 1.22 bits per heavy atom. The lowest BCUT2D eigenvalue weighted by Gasteiger charge is -2.46. The zero-order valence-corrected chi connectivity index (χ0v) is 16.7. The van der Waals surface area contributed by atoms with Crippen LogP contribution in [0.15, 0.2) is 30.3 Å². The summed E-state index contributed by atoms with van der Waals surface area (Å²) in [7, 11) is 1.63. The SMILES string of the molecule is COC[C@@H](c1ccccc1)N1C[C@@H](C)N(C(=O)OC(C)(C)C)[C@H](C(=O)O)C1. The number of ether oxygens (including phenoxy) is 2. The third-order valence-corrected chi connectivity index (χ3v) is 4.56. The van der Waals surface area contributed by atoms with Gasteiger partial charge in [-0.15, -0.1) is 0 Å². The summed E-state index contributed by atoms with van der Waals surface area (Å²) in [5, 5.41) is 9.77. The standard InChI is InChI=1S/C20H30N2O5/c1-14-11-21(17(13-26-5)15-9-7-6-8-10-15)12-16(18(23)24)22(14)19(25)27-20(2,3)4/h6-10,14,16-17H,11-13H2,1-5H3,(H,23,24)/t14-,16+,17+/m1/s1. The van der Waals surface area contributed by atoms with E-state index in [1.807, 2.05) is 37.3 Å². The van der Waals surface area contributed by atoms with Gasteiger partial charge >= 0.3 is 12.1 Å². The molecule has 2 rings (SSSR count). The molecule has 0 unspecified atom stereocenters. The molecular weight excluding hydrogens is 348 g/mol. The van der Waals surface area contributed by atoms with Crippen molar-refractivity contribution in [1.29, 1.82) is 0 Å². The van der Waals surface area contributed by atoms with Gasteiger partial charge in [-0.3, -0.25) is 9.80 Å². The number of benzene rings is 1. The normalized spacial score (nSPS) is 22.3. The number of carboxylic acid groups (broad SMARTS) is 1. The molecule has 1 N–H and O–H groups in total. The van der Waals surface area contributed by atoms with Crippen LogP contribution in [0.3, 0.4) is 0 Å². The Morgan fingerprint density at radius 2 is 1.85 bits per heavy atom. The van der Waals surface area contributed by atoms with Gasteiger partial charge in [0.2, 0.25) is 0 Å². The Kier molecular flexibility index (Phi) is 6.84. The summed E-state index contributed by atoms with van der Waals surface area (Å²) in [6.45, 7) is 8.34. The van der Waals surface area contributed by atoms with Crippen LogP contribution in [-0.2, 0) is 14.3 Å². The smallest absolute Gasteiger partial charge is 0.411 e. The van der Waals surface area contributed by atoms with Crippen molar-refractivity contribution in [1.82, 2.24) is 9.80 Å². The van der Waals surface area contributed by atoms with E-state index in [9.17, 15) is 14.7 Å². The molecule has 0 bridgehead atoms. The Labute approximate surface area is 160 Å². The Balaban J connectivity index is 2.26. The lowest BCUT2D eigenvalue weighted by atomic mass is 10.0. The molecule has 0 radical (unpaired) electrons. The molecule has 1 amide bonds. The molecule has 0 aliphatic carbocycles. The van der Waals surface area contributed by atoms with Crippen LogP contribution in [0, 0.1) is 0 Å². The second-order valence-electron chi connectivity index (χ2n) is 7.93. The highest BCUT2D eigenvalue weighted by molar-refractivity contribution is 5.81. The highest BCUT2D eigenvalue weighted by atomic mass is 16.6. The molecule has 0 spiro atoms. The minimum absolute atomic E-state index is 0.0821. The van der Waals surface area contributed by atoms with E-state index < -0.39 is 23.7 Å². The maximum atomic E-state index is 12.6. The van der Waals surface area contributed by atoms with E-state index in [0.29, 0.717) is 13.2 Å². The molecular formula is C20H30N2O5. The van der Waals surface area contributed by atoms with E-state index >= 15 is 0 Å². The van der Waals surface area contributed by atoms with Crippen molar-refractivity contribution in [3.8, 4) is 0 Å². The summed E-state index contributed by atoms with van der Waals surface area (Å²) in [4.78, 5) is 28.0. The number of rotatable bonds is 5. The van der Waals surface area contributed by atoms with Gasteiger partial charge in [0.1, 0.15) is 11.6 Å². The molecule has 1 aliphatic rings. The molecule has 27 heavy (non-hydrogen) atoms. The summed E-state index contributed by atoms with van der Waals surface area (Å²) >= 11 is 0. The van der Waals surface area contributed by atoms with Crippen LogP contribution in [0.2, 0.25) is 0 Å². The number of aliphatic carboxylic acids is 1. The number of hydrogen-bond donors (Lipinski definition) is 1. The Bertz CT molecular complexity index is 644. The van der Waals surface area contributed by atoms with E-state index in [1.54, 1.807) is 27.9 Å². The fraction of sp³-hybridized carbons (Fsp3) is 0.600. The Hall–Kier alpha value is -2.12. The number of amides is 1. The van der Waals surface area contributed by atoms with Crippen LogP contribution >= 0.6 is 0 Å². The minimum Gasteiger partial charge on any atom is -0.480 e. The van der Waals surface area contributed by atoms with Crippen molar-refractivity contribution in [2.24, 2.45) is 0 Å². The van der Waals surface area contributed by atoms with Crippen molar-refractivity contribution in [3.05, 3.63) is 35.9 Å².